The lowest BCUT2D eigenvalue weighted by atomic mass is 10.0. The van der Waals surface area contributed by atoms with Crippen molar-refractivity contribution in [3.63, 3.8) is 0 Å². The molecule has 0 aromatic carbocycles. The third-order valence-electron chi connectivity index (χ3n) is 2.19. The Morgan fingerprint density at radius 2 is 2.00 bits per heavy atom. The molecule has 13 heavy (non-hydrogen) atoms. The largest absolute Gasteiger partial charge is 0.289 e. The van der Waals surface area contributed by atoms with Crippen molar-refractivity contribution in [1.29, 1.82) is 5.26 Å². The van der Waals surface area contributed by atoms with Gasteiger partial charge in [-0.15, -0.1) is 24.2 Å². The molecule has 0 bridgehead atoms. The van der Waals surface area contributed by atoms with Gasteiger partial charge in [-0.2, -0.15) is 5.26 Å². The Kier molecular flexibility index (Phi) is 4.58. The minimum atomic E-state index is -0.00472. The van der Waals surface area contributed by atoms with Crippen LogP contribution >= 0.6 is 24.2 Å². The van der Waals surface area contributed by atoms with E-state index in [1.807, 2.05) is 11.8 Å². The number of nitrogens with one attached hydrogen (secondary N) is 1. The molecule has 2 nitrogen and oxygen atoms in total. The monoisotopic (exact) mass is 220 g/mol. The van der Waals surface area contributed by atoms with E-state index in [0.717, 1.165) is 0 Å². The van der Waals surface area contributed by atoms with Gasteiger partial charge in [-0.25, -0.2) is 0 Å². The Morgan fingerprint density at radius 3 is 2.23 bits per heavy atom. The molecule has 2 unspecified atom stereocenters. The molecule has 0 aromatic heterocycles. The highest BCUT2D eigenvalue weighted by atomic mass is 35.5. The average Bonchev–Trinajstić information content (AvgIpc) is 2.25. The number of nitrogens with zero attached hydrogens (tertiary/aromatic N) is 1. The van der Waals surface area contributed by atoms with Crippen molar-refractivity contribution < 1.29 is 0 Å². The van der Waals surface area contributed by atoms with Crippen LogP contribution < -0.4 is 5.32 Å². The summed E-state index contributed by atoms with van der Waals surface area (Å²) in [4.78, 5) is 0. The Morgan fingerprint density at radius 1 is 1.46 bits per heavy atom. The van der Waals surface area contributed by atoms with Gasteiger partial charge in [-0.3, -0.25) is 5.32 Å². The highest BCUT2D eigenvalue weighted by molar-refractivity contribution is 8.01. The maximum atomic E-state index is 8.88. The highest BCUT2D eigenvalue weighted by Crippen LogP contribution is 2.39. The van der Waals surface area contributed by atoms with E-state index < -0.39 is 0 Å². The van der Waals surface area contributed by atoms with Crippen LogP contribution in [-0.4, -0.2) is 16.2 Å². The molecule has 0 amide bonds. The van der Waals surface area contributed by atoms with Gasteiger partial charge < -0.3 is 0 Å². The first-order valence-electron chi connectivity index (χ1n) is 4.31. The number of halogens is 1. The van der Waals surface area contributed by atoms with E-state index in [0.29, 0.717) is 11.3 Å². The standard InChI is InChI=1S/C9H16N2S.ClH/c1-6(2)8-11-7(5-10)9(3,4)12-8;/h6-8,11H,1-4H3;1H. The summed E-state index contributed by atoms with van der Waals surface area (Å²) in [5.74, 6) is 0.590. The maximum absolute atomic E-state index is 8.88. The molecule has 1 saturated heterocycles. The van der Waals surface area contributed by atoms with Crippen LogP contribution in [0.5, 0.6) is 0 Å². The molecule has 0 aliphatic carbocycles. The molecule has 76 valence electrons. The highest BCUT2D eigenvalue weighted by Gasteiger charge is 2.41. The molecule has 1 aliphatic rings. The van der Waals surface area contributed by atoms with Crippen LogP contribution in [0.15, 0.2) is 0 Å². The fourth-order valence-corrected chi connectivity index (χ4v) is 2.70. The Hall–Kier alpha value is 0.0900. The van der Waals surface area contributed by atoms with E-state index in [9.17, 15) is 0 Å². The third-order valence-corrected chi connectivity index (χ3v) is 3.97. The molecule has 2 atom stereocenters. The van der Waals surface area contributed by atoms with Crippen molar-refractivity contribution in [2.75, 3.05) is 0 Å². The molecule has 1 rings (SSSR count). The number of rotatable bonds is 1. The summed E-state index contributed by atoms with van der Waals surface area (Å²) in [5.41, 5.74) is 0. The second-order valence-corrected chi connectivity index (χ2v) is 5.91. The van der Waals surface area contributed by atoms with Gasteiger partial charge in [0, 0.05) is 4.75 Å². The van der Waals surface area contributed by atoms with Crippen LogP contribution in [0.25, 0.3) is 0 Å². The summed E-state index contributed by atoms with van der Waals surface area (Å²) < 4.78 is 0.0592. The van der Waals surface area contributed by atoms with E-state index in [4.69, 9.17) is 5.26 Å². The molecule has 1 fully saturated rings. The zero-order valence-corrected chi connectivity index (χ0v) is 10.1. The number of hydrogen-bond donors (Lipinski definition) is 1. The first kappa shape index (κ1) is 13.1. The molecule has 1 aliphatic heterocycles. The van der Waals surface area contributed by atoms with Crippen LogP contribution in [0, 0.1) is 17.2 Å². The Labute approximate surface area is 90.9 Å². The smallest absolute Gasteiger partial charge is 0.110 e. The second kappa shape index (κ2) is 4.54. The molecule has 0 spiro atoms. The fourth-order valence-electron chi connectivity index (χ4n) is 1.32. The third kappa shape index (κ3) is 2.77. The summed E-state index contributed by atoms with van der Waals surface area (Å²) in [6.45, 7) is 8.61. The van der Waals surface area contributed by atoms with Crippen LogP contribution in [0.3, 0.4) is 0 Å². The van der Waals surface area contributed by atoms with Crippen molar-refractivity contribution >= 4 is 24.2 Å². The minimum absolute atomic E-state index is 0. The molecule has 1 N–H and O–H groups in total. The molecule has 0 aromatic rings. The molecule has 1 heterocycles. The molecular formula is C9H17ClN2S. The lowest BCUT2D eigenvalue weighted by molar-refractivity contribution is 0.479. The van der Waals surface area contributed by atoms with Gasteiger partial charge in [-0.1, -0.05) is 13.8 Å². The first-order chi connectivity index (χ1) is 5.47. The normalized spacial score (nSPS) is 31.1. The Bertz CT molecular complexity index is 210. The molecule has 4 heteroatoms. The first-order valence-corrected chi connectivity index (χ1v) is 5.19. The van der Waals surface area contributed by atoms with Crippen LogP contribution in [0.1, 0.15) is 27.7 Å². The minimum Gasteiger partial charge on any atom is -0.289 e. The van der Waals surface area contributed by atoms with Crippen LogP contribution in [-0.2, 0) is 0 Å². The predicted octanol–water partition coefficient (Wildman–Crippen LogP) is 2.40. The van der Waals surface area contributed by atoms with Gasteiger partial charge >= 0.3 is 0 Å². The number of hydrogen-bond acceptors (Lipinski definition) is 3. The van der Waals surface area contributed by atoms with Gasteiger partial charge in [0.15, 0.2) is 0 Å². The van der Waals surface area contributed by atoms with E-state index in [-0.39, 0.29) is 23.2 Å². The average molecular weight is 221 g/mol. The van der Waals surface area contributed by atoms with Gasteiger partial charge in [-0.05, 0) is 19.8 Å². The van der Waals surface area contributed by atoms with Crippen LogP contribution in [0.2, 0.25) is 0 Å². The number of nitriles is 1. The lowest BCUT2D eigenvalue weighted by Crippen LogP contribution is -2.37. The molecule has 0 saturated carbocycles. The van der Waals surface area contributed by atoms with E-state index >= 15 is 0 Å². The van der Waals surface area contributed by atoms with Crippen molar-refractivity contribution in [2.24, 2.45) is 5.92 Å². The summed E-state index contributed by atoms with van der Waals surface area (Å²) in [6, 6.07) is 2.30. The predicted molar refractivity (Wildman–Crippen MR) is 60.1 cm³/mol. The SMILES string of the molecule is CC(C)C1NC(C#N)C(C)(C)S1.Cl. The summed E-state index contributed by atoms with van der Waals surface area (Å²) in [7, 11) is 0. The van der Waals surface area contributed by atoms with Gasteiger partial charge in [0.25, 0.3) is 0 Å². The van der Waals surface area contributed by atoms with Crippen molar-refractivity contribution in [3.05, 3.63) is 0 Å². The second-order valence-electron chi connectivity index (χ2n) is 4.11. The lowest BCUT2D eigenvalue weighted by Gasteiger charge is -2.19. The van der Waals surface area contributed by atoms with E-state index in [1.165, 1.54) is 0 Å². The summed E-state index contributed by atoms with van der Waals surface area (Å²) in [6.07, 6.45) is 0. The summed E-state index contributed by atoms with van der Waals surface area (Å²) in [5, 5.41) is 12.6. The maximum Gasteiger partial charge on any atom is 0.110 e. The van der Waals surface area contributed by atoms with Gasteiger partial charge in [0.2, 0.25) is 0 Å². The fraction of sp³-hybridized carbons (Fsp3) is 0.889. The quantitative estimate of drug-likeness (QED) is 0.737. The number of thioether (sulfide) groups is 1. The topological polar surface area (TPSA) is 35.8 Å². The summed E-state index contributed by atoms with van der Waals surface area (Å²) >= 11 is 1.87. The van der Waals surface area contributed by atoms with E-state index in [1.54, 1.807) is 0 Å². The van der Waals surface area contributed by atoms with Crippen molar-refractivity contribution in [1.82, 2.24) is 5.32 Å². The van der Waals surface area contributed by atoms with Gasteiger partial charge in [0.1, 0.15) is 6.04 Å². The van der Waals surface area contributed by atoms with E-state index in [2.05, 4.69) is 39.1 Å². The van der Waals surface area contributed by atoms with Crippen LogP contribution in [0.4, 0.5) is 0 Å². The zero-order valence-electron chi connectivity index (χ0n) is 8.50. The molecule has 0 radical (unpaired) electrons. The Balaban J connectivity index is 0.00000144. The van der Waals surface area contributed by atoms with Crippen molar-refractivity contribution in [3.8, 4) is 6.07 Å². The van der Waals surface area contributed by atoms with Gasteiger partial charge in [0.05, 0.1) is 11.4 Å². The molecular weight excluding hydrogens is 204 g/mol. The van der Waals surface area contributed by atoms with Crippen molar-refractivity contribution in [2.45, 2.75) is 43.9 Å². The zero-order chi connectivity index (χ0) is 9.35.